The zero-order valence-electron chi connectivity index (χ0n) is 17.9. The molecular formula is C26H28O3Si. The predicted octanol–water partition coefficient (Wildman–Crippen LogP) is 5.89. The highest BCUT2D eigenvalue weighted by atomic mass is 28.3. The number of rotatable bonds is 7. The third-order valence-electron chi connectivity index (χ3n) is 6.66. The van der Waals surface area contributed by atoms with Crippen molar-refractivity contribution in [1.82, 2.24) is 0 Å². The molecule has 0 spiro atoms. The van der Waals surface area contributed by atoms with Crippen molar-refractivity contribution in [1.29, 1.82) is 0 Å². The van der Waals surface area contributed by atoms with Gasteiger partial charge in [0.15, 0.2) is 11.5 Å². The third-order valence-corrected chi connectivity index (χ3v) is 12.3. The molecule has 3 aromatic carbocycles. The highest BCUT2D eigenvalue weighted by Gasteiger charge is 2.46. The molecule has 3 aromatic rings. The average molecular weight is 417 g/mol. The Bertz CT molecular complexity index is 979. The van der Waals surface area contributed by atoms with Gasteiger partial charge in [-0.3, -0.25) is 4.79 Å². The molecule has 0 bridgehead atoms. The van der Waals surface area contributed by atoms with Gasteiger partial charge >= 0.3 is 5.79 Å². The number of aldehydes is 1. The summed E-state index contributed by atoms with van der Waals surface area (Å²) >= 11 is 0. The van der Waals surface area contributed by atoms with E-state index in [1.165, 1.54) is 5.19 Å². The lowest BCUT2D eigenvalue weighted by Crippen LogP contribution is -2.47. The molecule has 0 saturated heterocycles. The summed E-state index contributed by atoms with van der Waals surface area (Å²) in [6, 6.07) is 27.3. The van der Waals surface area contributed by atoms with Crippen LogP contribution in [-0.4, -0.2) is 14.4 Å². The fourth-order valence-corrected chi connectivity index (χ4v) is 8.48. The van der Waals surface area contributed by atoms with Crippen LogP contribution in [0.3, 0.4) is 0 Å². The quantitative estimate of drug-likeness (QED) is 0.356. The number of benzene rings is 3. The van der Waals surface area contributed by atoms with Gasteiger partial charge in [0.25, 0.3) is 0 Å². The van der Waals surface area contributed by atoms with E-state index in [-0.39, 0.29) is 0 Å². The Morgan fingerprint density at radius 2 is 1.23 bits per heavy atom. The molecule has 1 aliphatic rings. The first-order valence-corrected chi connectivity index (χ1v) is 13.4. The van der Waals surface area contributed by atoms with E-state index in [2.05, 4.69) is 26.8 Å². The summed E-state index contributed by atoms with van der Waals surface area (Å²) in [5.41, 5.74) is 2.59. The molecule has 30 heavy (non-hydrogen) atoms. The Balaban J connectivity index is 1.89. The molecule has 0 aromatic heterocycles. The van der Waals surface area contributed by atoms with Crippen molar-refractivity contribution < 1.29 is 14.3 Å². The lowest BCUT2D eigenvalue weighted by molar-refractivity contribution is -0.0459. The zero-order chi connectivity index (χ0) is 21.2. The van der Waals surface area contributed by atoms with E-state index >= 15 is 0 Å². The topological polar surface area (TPSA) is 35.5 Å². The van der Waals surface area contributed by atoms with Crippen LogP contribution in [0.5, 0.6) is 11.5 Å². The Morgan fingerprint density at radius 3 is 1.67 bits per heavy atom. The Kier molecular flexibility index (Phi) is 5.52. The molecule has 1 aliphatic heterocycles. The Hall–Kier alpha value is -2.85. The molecule has 0 radical (unpaired) electrons. The van der Waals surface area contributed by atoms with Crippen LogP contribution in [-0.2, 0) is 5.79 Å². The summed E-state index contributed by atoms with van der Waals surface area (Å²) in [5.74, 6) is 0.286. The maximum absolute atomic E-state index is 12.0. The van der Waals surface area contributed by atoms with Gasteiger partial charge in [0.1, 0.15) is 6.29 Å². The SMILES string of the molecule is CC[Si](CC)(CC)c1cc2c(cc1C=O)OC(c1ccccc1)(c1ccccc1)O2. The molecule has 3 nitrogen and oxygen atoms in total. The molecule has 0 amide bonds. The van der Waals surface area contributed by atoms with Crippen LogP contribution >= 0.6 is 0 Å². The number of carbonyl (C=O) groups excluding carboxylic acids is 1. The van der Waals surface area contributed by atoms with Gasteiger partial charge in [0.2, 0.25) is 0 Å². The monoisotopic (exact) mass is 416 g/mol. The van der Waals surface area contributed by atoms with Gasteiger partial charge in [-0.1, -0.05) is 99.6 Å². The highest BCUT2D eigenvalue weighted by molar-refractivity contribution is 6.92. The van der Waals surface area contributed by atoms with Crippen molar-refractivity contribution in [2.24, 2.45) is 0 Å². The second-order valence-electron chi connectivity index (χ2n) is 7.90. The minimum Gasteiger partial charge on any atom is -0.440 e. The van der Waals surface area contributed by atoms with Crippen molar-refractivity contribution in [2.45, 2.75) is 44.7 Å². The largest absolute Gasteiger partial charge is 0.440 e. The minimum atomic E-state index is -1.77. The zero-order valence-corrected chi connectivity index (χ0v) is 18.9. The summed E-state index contributed by atoms with van der Waals surface area (Å²) in [6.07, 6.45) is 0.979. The van der Waals surface area contributed by atoms with Crippen LogP contribution in [0.1, 0.15) is 42.3 Å². The average Bonchev–Trinajstić information content (AvgIpc) is 3.21. The van der Waals surface area contributed by atoms with Crippen LogP contribution in [0.2, 0.25) is 18.1 Å². The molecule has 0 atom stereocenters. The fourth-order valence-electron chi connectivity index (χ4n) is 4.66. The second-order valence-corrected chi connectivity index (χ2v) is 13.1. The van der Waals surface area contributed by atoms with Crippen LogP contribution in [0, 0.1) is 0 Å². The van der Waals surface area contributed by atoms with E-state index in [4.69, 9.17) is 9.47 Å². The minimum absolute atomic E-state index is 0.625. The van der Waals surface area contributed by atoms with Gasteiger partial charge in [-0.25, -0.2) is 0 Å². The van der Waals surface area contributed by atoms with Gasteiger partial charge < -0.3 is 9.47 Å². The number of ether oxygens (including phenoxy) is 2. The molecule has 4 rings (SSSR count). The molecule has 4 heteroatoms. The van der Waals surface area contributed by atoms with Crippen molar-refractivity contribution >= 4 is 19.5 Å². The van der Waals surface area contributed by atoms with Crippen LogP contribution in [0.25, 0.3) is 0 Å². The van der Waals surface area contributed by atoms with E-state index < -0.39 is 13.9 Å². The van der Waals surface area contributed by atoms with E-state index in [9.17, 15) is 4.79 Å². The molecule has 1 heterocycles. The van der Waals surface area contributed by atoms with Crippen LogP contribution in [0.4, 0.5) is 0 Å². The van der Waals surface area contributed by atoms with Gasteiger partial charge in [0.05, 0.1) is 8.07 Å². The highest BCUT2D eigenvalue weighted by Crippen LogP contribution is 2.48. The van der Waals surface area contributed by atoms with Gasteiger partial charge in [-0.15, -0.1) is 0 Å². The smallest absolute Gasteiger partial charge is 0.305 e. The molecule has 154 valence electrons. The number of hydrogen-bond acceptors (Lipinski definition) is 3. The first-order valence-electron chi connectivity index (χ1n) is 10.7. The predicted molar refractivity (Wildman–Crippen MR) is 124 cm³/mol. The van der Waals surface area contributed by atoms with Crippen molar-refractivity contribution in [2.75, 3.05) is 0 Å². The maximum atomic E-state index is 12.0. The molecule has 0 aliphatic carbocycles. The second kappa shape index (κ2) is 8.11. The lowest BCUT2D eigenvalue weighted by Gasteiger charge is -2.30. The lowest BCUT2D eigenvalue weighted by atomic mass is 9.97. The molecule has 0 N–H and O–H groups in total. The summed E-state index contributed by atoms with van der Waals surface area (Å²) in [4.78, 5) is 12.0. The Morgan fingerprint density at radius 1 is 0.767 bits per heavy atom. The standard InChI is InChI=1S/C26H28O3Si/c1-4-30(5-2,6-3)25-18-24-23(17-20(25)19-27)28-26(29-24,21-13-9-7-10-14-21)22-15-11-8-12-16-22/h7-19H,4-6H2,1-3H3. The first kappa shape index (κ1) is 20.4. The van der Waals surface area contributed by atoms with Gasteiger partial charge in [-0.2, -0.15) is 0 Å². The Labute approximate surface area is 179 Å². The van der Waals surface area contributed by atoms with E-state index in [1.54, 1.807) is 0 Å². The summed E-state index contributed by atoms with van der Waals surface area (Å²) < 4.78 is 13.1. The molecule has 0 saturated carbocycles. The molecular weight excluding hydrogens is 388 g/mol. The van der Waals surface area contributed by atoms with Gasteiger partial charge in [-0.05, 0) is 17.3 Å². The molecule has 0 unspecified atom stereocenters. The van der Waals surface area contributed by atoms with E-state index in [0.29, 0.717) is 5.75 Å². The van der Waals surface area contributed by atoms with Crippen molar-refractivity contribution in [3.8, 4) is 11.5 Å². The number of fused-ring (bicyclic) bond motifs is 1. The summed E-state index contributed by atoms with van der Waals surface area (Å²) in [7, 11) is -1.77. The van der Waals surface area contributed by atoms with E-state index in [0.717, 1.165) is 46.9 Å². The van der Waals surface area contributed by atoms with Crippen molar-refractivity contribution in [3.63, 3.8) is 0 Å². The normalized spacial score (nSPS) is 14.5. The van der Waals surface area contributed by atoms with Gasteiger partial charge in [0, 0.05) is 16.7 Å². The first-order chi connectivity index (χ1) is 14.6. The van der Waals surface area contributed by atoms with Crippen LogP contribution in [0.15, 0.2) is 72.8 Å². The molecule has 0 fully saturated rings. The maximum Gasteiger partial charge on any atom is 0.305 e. The van der Waals surface area contributed by atoms with Crippen molar-refractivity contribution in [3.05, 3.63) is 89.5 Å². The van der Waals surface area contributed by atoms with E-state index in [1.807, 2.05) is 66.7 Å². The number of hydrogen-bond donors (Lipinski definition) is 0. The summed E-state index contributed by atoms with van der Waals surface area (Å²) in [6.45, 7) is 6.74. The third kappa shape index (κ3) is 3.16. The summed E-state index contributed by atoms with van der Waals surface area (Å²) in [5, 5.41) is 1.18. The number of carbonyl (C=O) groups is 1. The fraction of sp³-hybridized carbons (Fsp3) is 0.269. The van der Waals surface area contributed by atoms with Crippen LogP contribution < -0.4 is 14.7 Å².